The molecule has 1 heterocycles. The predicted octanol–water partition coefficient (Wildman–Crippen LogP) is 2.85. The summed E-state index contributed by atoms with van der Waals surface area (Å²) in [6, 6.07) is 5.29. The van der Waals surface area contributed by atoms with E-state index in [9.17, 15) is 0 Å². The fourth-order valence-corrected chi connectivity index (χ4v) is 1.93. The number of rotatable bonds is 5. The fourth-order valence-electron chi connectivity index (χ4n) is 1.77. The molecule has 0 aliphatic carbocycles. The van der Waals surface area contributed by atoms with Crippen molar-refractivity contribution in [1.82, 2.24) is 10.1 Å². The minimum Gasteiger partial charge on any atom is -0.496 e. The minimum atomic E-state index is 0.143. The van der Waals surface area contributed by atoms with E-state index in [2.05, 4.69) is 10.1 Å². The lowest BCUT2D eigenvalue weighted by molar-refractivity contribution is 0.355. The van der Waals surface area contributed by atoms with Gasteiger partial charge in [-0.25, -0.2) is 0 Å². The normalized spacial score (nSPS) is 12.4. The summed E-state index contributed by atoms with van der Waals surface area (Å²) in [7, 11) is 1.58. The number of ether oxygens (including phenoxy) is 1. The third-order valence-electron chi connectivity index (χ3n) is 2.87. The highest BCUT2D eigenvalue weighted by Gasteiger charge is 2.17. The molecule has 19 heavy (non-hydrogen) atoms. The van der Waals surface area contributed by atoms with Crippen LogP contribution in [0.4, 0.5) is 0 Å². The van der Waals surface area contributed by atoms with Gasteiger partial charge in [0.25, 0.3) is 0 Å². The molecule has 102 valence electrons. The van der Waals surface area contributed by atoms with E-state index in [1.807, 2.05) is 13.0 Å². The highest BCUT2D eigenvalue weighted by Crippen LogP contribution is 2.31. The zero-order valence-electron chi connectivity index (χ0n) is 10.9. The first-order chi connectivity index (χ1) is 9.15. The van der Waals surface area contributed by atoms with E-state index >= 15 is 0 Å². The largest absolute Gasteiger partial charge is 0.496 e. The first kappa shape index (κ1) is 13.8. The topological polar surface area (TPSA) is 74.2 Å². The molecule has 0 saturated carbocycles. The molecule has 0 spiro atoms. The first-order valence-electron chi connectivity index (χ1n) is 6.03. The van der Waals surface area contributed by atoms with Gasteiger partial charge in [0.05, 0.1) is 12.7 Å². The molecule has 0 aliphatic rings. The van der Waals surface area contributed by atoms with Crippen molar-refractivity contribution < 1.29 is 9.26 Å². The van der Waals surface area contributed by atoms with Crippen molar-refractivity contribution in [3.8, 4) is 17.1 Å². The van der Waals surface area contributed by atoms with Crippen LogP contribution in [0.15, 0.2) is 22.7 Å². The average Bonchev–Trinajstić information content (AvgIpc) is 2.88. The lowest BCUT2D eigenvalue weighted by Crippen LogP contribution is -2.04. The first-order valence-corrected chi connectivity index (χ1v) is 6.41. The smallest absolute Gasteiger partial charge is 0.229 e. The van der Waals surface area contributed by atoms with Crippen LogP contribution in [0.25, 0.3) is 11.4 Å². The Morgan fingerprint density at radius 2 is 2.26 bits per heavy atom. The second-order valence-electron chi connectivity index (χ2n) is 4.28. The van der Waals surface area contributed by atoms with Gasteiger partial charge < -0.3 is 15.0 Å². The molecule has 2 aromatic rings. The number of benzene rings is 1. The highest BCUT2D eigenvalue weighted by atomic mass is 35.5. The van der Waals surface area contributed by atoms with E-state index in [4.69, 9.17) is 26.6 Å². The van der Waals surface area contributed by atoms with Gasteiger partial charge in [0.15, 0.2) is 0 Å². The molecule has 2 rings (SSSR count). The lowest BCUT2D eigenvalue weighted by atomic mass is 10.1. The van der Waals surface area contributed by atoms with Crippen molar-refractivity contribution in [3.05, 3.63) is 29.1 Å². The molecule has 5 nitrogen and oxygen atoms in total. The third kappa shape index (κ3) is 3.05. The summed E-state index contributed by atoms with van der Waals surface area (Å²) >= 11 is 5.92. The summed E-state index contributed by atoms with van der Waals surface area (Å²) < 4.78 is 10.5. The molecule has 0 aliphatic heterocycles. The molecule has 0 bridgehead atoms. The van der Waals surface area contributed by atoms with Crippen LogP contribution in [0, 0.1) is 0 Å². The van der Waals surface area contributed by atoms with Gasteiger partial charge in [-0.3, -0.25) is 0 Å². The SMILES string of the molecule is COc1cc(Cl)ccc1-c1noc(C(C)CCN)n1. The summed E-state index contributed by atoms with van der Waals surface area (Å²) in [5, 5.41) is 4.58. The van der Waals surface area contributed by atoms with Crippen LogP contribution in [0.1, 0.15) is 25.2 Å². The quantitative estimate of drug-likeness (QED) is 0.912. The van der Waals surface area contributed by atoms with Crippen molar-refractivity contribution in [2.45, 2.75) is 19.3 Å². The zero-order valence-corrected chi connectivity index (χ0v) is 11.6. The monoisotopic (exact) mass is 281 g/mol. The Kier molecular flexibility index (Phi) is 4.39. The van der Waals surface area contributed by atoms with Crippen molar-refractivity contribution >= 4 is 11.6 Å². The molecule has 0 saturated heterocycles. The number of methoxy groups -OCH3 is 1. The number of halogens is 1. The van der Waals surface area contributed by atoms with Crippen molar-refractivity contribution in [2.75, 3.05) is 13.7 Å². The van der Waals surface area contributed by atoms with Crippen molar-refractivity contribution in [3.63, 3.8) is 0 Å². The Hall–Kier alpha value is -1.59. The number of nitrogens with two attached hydrogens (primary N) is 1. The second kappa shape index (κ2) is 6.04. The van der Waals surface area contributed by atoms with Crippen molar-refractivity contribution in [1.29, 1.82) is 0 Å². The van der Waals surface area contributed by atoms with Crippen LogP contribution in [0.2, 0.25) is 5.02 Å². The van der Waals surface area contributed by atoms with Crippen LogP contribution in [-0.4, -0.2) is 23.8 Å². The Bertz CT molecular complexity index is 557. The highest BCUT2D eigenvalue weighted by molar-refractivity contribution is 6.30. The molecule has 1 unspecified atom stereocenters. The molecule has 1 aromatic carbocycles. The van der Waals surface area contributed by atoms with E-state index < -0.39 is 0 Å². The van der Waals surface area contributed by atoms with Crippen LogP contribution in [0.3, 0.4) is 0 Å². The Balaban J connectivity index is 2.32. The van der Waals surface area contributed by atoms with E-state index in [0.29, 0.717) is 29.0 Å². The number of nitrogens with zero attached hydrogens (tertiary/aromatic N) is 2. The summed E-state index contributed by atoms with van der Waals surface area (Å²) in [6.07, 6.45) is 0.805. The molecule has 1 aromatic heterocycles. The molecular weight excluding hydrogens is 266 g/mol. The average molecular weight is 282 g/mol. The van der Waals surface area contributed by atoms with Gasteiger partial charge in [-0.2, -0.15) is 4.98 Å². The third-order valence-corrected chi connectivity index (χ3v) is 3.10. The molecule has 1 atom stereocenters. The molecule has 0 fully saturated rings. The summed E-state index contributed by atoms with van der Waals surface area (Å²) in [4.78, 5) is 4.38. The second-order valence-corrected chi connectivity index (χ2v) is 4.72. The fraction of sp³-hybridized carbons (Fsp3) is 0.385. The Labute approximate surface area is 116 Å². The predicted molar refractivity (Wildman–Crippen MR) is 73.4 cm³/mol. The molecule has 2 N–H and O–H groups in total. The lowest BCUT2D eigenvalue weighted by Gasteiger charge is -2.05. The maximum Gasteiger partial charge on any atom is 0.229 e. The molecular formula is C13H16ClN3O2. The van der Waals surface area contributed by atoms with Gasteiger partial charge >= 0.3 is 0 Å². The summed E-state index contributed by atoms with van der Waals surface area (Å²) in [5.74, 6) is 1.83. The van der Waals surface area contributed by atoms with Crippen LogP contribution in [-0.2, 0) is 0 Å². The van der Waals surface area contributed by atoms with Gasteiger partial charge in [-0.15, -0.1) is 0 Å². The maximum atomic E-state index is 5.92. The van der Waals surface area contributed by atoms with Crippen LogP contribution in [0.5, 0.6) is 5.75 Å². The number of hydrogen-bond donors (Lipinski definition) is 1. The van der Waals surface area contributed by atoms with E-state index in [0.717, 1.165) is 12.0 Å². The van der Waals surface area contributed by atoms with Gasteiger partial charge in [0.1, 0.15) is 5.75 Å². The van der Waals surface area contributed by atoms with Crippen molar-refractivity contribution in [2.24, 2.45) is 5.73 Å². The zero-order chi connectivity index (χ0) is 13.8. The van der Waals surface area contributed by atoms with Gasteiger partial charge in [0, 0.05) is 10.9 Å². The summed E-state index contributed by atoms with van der Waals surface area (Å²) in [5.41, 5.74) is 6.27. The summed E-state index contributed by atoms with van der Waals surface area (Å²) in [6.45, 7) is 2.59. The van der Waals surface area contributed by atoms with Gasteiger partial charge in [-0.05, 0) is 31.2 Å². The van der Waals surface area contributed by atoms with E-state index in [1.54, 1.807) is 19.2 Å². The molecule has 0 amide bonds. The molecule has 6 heteroatoms. The van der Waals surface area contributed by atoms with Crippen LogP contribution < -0.4 is 10.5 Å². The van der Waals surface area contributed by atoms with Gasteiger partial charge in [-0.1, -0.05) is 23.7 Å². The maximum absolute atomic E-state index is 5.92. The number of aromatic nitrogens is 2. The van der Waals surface area contributed by atoms with Crippen LogP contribution >= 0.6 is 11.6 Å². The van der Waals surface area contributed by atoms with E-state index in [-0.39, 0.29) is 5.92 Å². The number of hydrogen-bond acceptors (Lipinski definition) is 5. The standard InChI is InChI=1S/C13H16ClN3O2/c1-8(5-6-15)13-16-12(17-19-13)10-4-3-9(14)7-11(10)18-2/h3-4,7-8H,5-6,15H2,1-2H3. The molecule has 0 radical (unpaired) electrons. The van der Waals surface area contributed by atoms with E-state index in [1.165, 1.54) is 0 Å². The van der Waals surface area contributed by atoms with Gasteiger partial charge in [0.2, 0.25) is 11.7 Å². The Morgan fingerprint density at radius 3 is 2.95 bits per heavy atom. The Morgan fingerprint density at radius 1 is 1.47 bits per heavy atom. The minimum absolute atomic E-state index is 0.143.